The van der Waals surface area contributed by atoms with E-state index in [2.05, 4.69) is 33.6 Å². The van der Waals surface area contributed by atoms with E-state index < -0.39 is 0 Å². The van der Waals surface area contributed by atoms with Crippen LogP contribution in [-0.4, -0.2) is 32.7 Å². The Kier molecular flexibility index (Phi) is 4.39. The molecule has 1 aromatic carbocycles. The second-order valence-electron chi connectivity index (χ2n) is 6.54. The molecule has 0 aliphatic heterocycles. The Morgan fingerprint density at radius 3 is 2.96 bits per heavy atom. The quantitative estimate of drug-likeness (QED) is 0.786. The van der Waals surface area contributed by atoms with Crippen LogP contribution < -0.4 is 5.32 Å². The number of fused-ring (bicyclic) bond motifs is 1. The van der Waals surface area contributed by atoms with Gasteiger partial charge < -0.3 is 10.2 Å². The van der Waals surface area contributed by atoms with Crippen molar-refractivity contribution in [1.82, 2.24) is 19.7 Å². The van der Waals surface area contributed by atoms with Crippen molar-refractivity contribution in [2.24, 2.45) is 0 Å². The lowest BCUT2D eigenvalue weighted by Crippen LogP contribution is -2.33. The first-order valence-corrected chi connectivity index (χ1v) is 8.74. The van der Waals surface area contributed by atoms with E-state index in [0.717, 1.165) is 18.5 Å². The Hall–Kier alpha value is -3.15. The fraction of sp³-hybridized carbons (Fsp3) is 0.250. The molecular formula is C20H21N5O. The summed E-state index contributed by atoms with van der Waals surface area (Å²) in [6.45, 7) is 0.572. The van der Waals surface area contributed by atoms with Gasteiger partial charge in [-0.2, -0.15) is 5.10 Å². The second kappa shape index (κ2) is 7.00. The Balaban J connectivity index is 1.41. The van der Waals surface area contributed by atoms with Gasteiger partial charge in [-0.3, -0.25) is 9.67 Å². The molecule has 132 valence electrons. The summed E-state index contributed by atoms with van der Waals surface area (Å²) >= 11 is 0. The van der Waals surface area contributed by atoms with Gasteiger partial charge in [0.2, 0.25) is 0 Å². The third-order valence-electron chi connectivity index (χ3n) is 4.82. The smallest absolute Gasteiger partial charge is 0.321 e. The summed E-state index contributed by atoms with van der Waals surface area (Å²) in [4.78, 5) is 18.7. The molecule has 1 atom stereocenters. The summed E-state index contributed by atoms with van der Waals surface area (Å²) in [5.41, 5.74) is 4.19. The molecule has 6 nitrogen and oxygen atoms in total. The number of hydrogen-bond donors (Lipinski definition) is 1. The molecule has 2 heterocycles. The highest BCUT2D eigenvalue weighted by Gasteiger charge is 2.28. The van der Waals surface area contributed by atoms with Crippen molar-refractivity contribution < 1.29 is 4.79 Å². The molecule has 0 bridgehead atoms. The van der Waals surface area contributed by atoms with Gasteiger partial charge >= 0.3 is 6.03 Å². The molecule has 4 rings (SSSR count). The number of carbonyl (C=O) groups is 1. The van der Waals surface area contributed by atoms with E-state index in [1.54, 1.807) is 22.0 Å². The standard InChI is InChI=1S/C20H21N5O/c1-24(19-10-9-15-6-2-3-8-18(15)19)20(26)23-17-12-22-25(14-17)13-16-7-4-5-11-21-16/h2-8,11-12,14,19H,9-10,13H2,1H3,(H,23,26)/t19-/m0/s1. The Labute approximate surface area is 152 Å². The second-order valence-corrected chi connectivity index (χ2v) is 6.54. The van der Waals surface area contributed by atoms with Gasteiger partial charge in [-0.05, 0) is 36.1 Å². The van der Waals surface area contributed by atoms with Crippen LogP contribution in [0.25, 0.3) is 0 Å². The van der Waals surface area contributed by atoms with E-state index in [9.17, 15) is 4.79 Å². The lowest BCUT2D eigenvalue weighted by atomic mass is 10.1. The summed E-state index contributed by atoms with van der Waals surface area (Å²) in [5, 5.41) is 7.24. The number of rotatable bonds is 4. The van der Waals surface area contributed by atoms with Crippen molar-refractivity contribution in [1.29, 1.82) is 0 Å². The molecule has 26 heavy (non-hydrogen) atoms. The fourth-order valence-electron chi connectivity index (χ4n) is 3.46. The van der Waals surface area contributed by atoms with Crippen LogP contribution in [0.15, 0.2) is 61.1 Å². The Bertz CT molecular complexity index is 905. The predicted molar refractivity (Wildman–Crippen MR) is 99.9 cm³/mol. The zero-order chi connectivity index (χ0) is 17.9. The van der Waals surface area contributed by atoms with E-state index in [1.165, 1.54) is 11.1 Å². The summed E-state index contributed by atoms with van der Waals surface area (Å²) in [6.07, 6.45) is 7.22. The maximum absolute atomic E-state index is 12.6. The molecule has 1 N–H and O–H groups in total. The highest BCUT2D eigenvalue weighted by Crippen LogP contribution is 2.34. The van der Waals surface area contributed by atoms with E-state index in [0.29, 0.717) is 12.2 Å². The number of nitrogens with one attached hydrogen (secondary N) is 1. The molecule has 0 saturated heterocycles. The number of pyridine rings is 1. The molecule has 0 unspecified atom stereocenters. The molecular weight excluding hydrogens is 326 g/mol. The highest BCUT2D eigenvalue weighted by molar-refractivity contribution is 5.89. The van der Waals surface area contributed by atoms with E-state index in [-0.39, 0.29) is 12.1 Å². The van der Waals surface area contributed by atoms with Crippen LogP contribution in [0.4, 0.5) is 10.5 Å². The van der Waals surface area contributed by atoms with Crippen LogP contribution in [0.5, 0.6) is 0 Å². The van der Waals surface area contributed by atoms with Gasteiger partial charge in [-0.1, -0.05) is 30.3 Å². The first-order valence-electron chi connectivity index (χ1n) is 8.74. The van der Waals surface area contributed by atoms with Gasteiger partial charge in [-0.15, -0.1) is 0 Å². The predicted octanol–water partition coefficient (Wildman–Crippen LogP) is 3.48. The summed E-state index contributed by atoms with van der Waals surface area (Å²) in [7, 11) is 1.85. The summed E-state index contributed by atoms with van der Waals surface area (Å²) in [5.74, 6) is 0. The summed E-state index contributed by atoms with van der Waals surface area (Å²) < 4.78 is 1.77. The van der Waals surface area contributed by atoms with Crippen LogP contribution in [0.3, 0.4) is 0 Å². The van der Waals surface area contributed by atoms with Crippen LogP contribution in [-0.2, 0) is 13.0 Å². The first-order chi connectivity index (χ1) is 12.7. The van der Waals surface area contributed by atoms with Crippen LogP contribution in [0.2, 0.25) is 0 Å². The van der Waals surface area contributed by atoms with E-state index in [4.69, 9.17) is 0 Å². The lowest BCUT2D eigenvalue weighted by molar-refractivity contribution is 0.204. The number of anilines is 1. The average molecular weight is 347 g/mol. The van der Waals surface area contributed by atoms with E-state index in [1.807, 2.05) is 37.5 Å². The molecule has 3 aromatic rings. The molecule has 0 fully saturated rings. The first kappa shape index (κ1) is 16.3. The van der Waals surface area contributed by atoms with Crippen molar-refractivity contribution in [3.63, 3.8) is 0 Å². The maximum atomic E-state index is 12.6. The third-order valence-corrected chi connectivity index (χ3v) is 4.82. The molecule has 2 aromatic heterocycles. The number of carbonyl (C=O) groups excluding carboxylic acids is 1. The molecule has 0 radical (unpaired) electrons. The number of hydrogen-bond acceptors (Lipinski definition) is 3. The topological polar surface area (TPSA) is 63.1 Å². The number of amides is 2. The minimum absolute atomic E-state index is 0.120. The van der Waals surface area contributed by atoms with Gasteiger partial charge in [0.1, 0.15) is 0 Å². The number of aryl methyl sites for hydroxylation is 1. The molecule has 0 saturated carbocycles. The van der Waals surface area contributed by atoms with Gasteiger partial charge in [0.05, 0.1) is 30.2 Å². The number of urea groups is 1. The molecule has 2 amide bonds. The largest absolute Gasteiger partial charge is 0.322 e. The summed E-state index contributed by atoms with van der Waals surface area (Å²) in [6, 6.07) is 14.1. The van der Waals surface area contributed by atoms with Crippen LogP contribution >= 0.6 is 0 Å². The molecule has 0 spiro atoms. The van der Waals surface area contributed by atoms with Crippen molar-refractivity contribution >= 4 is 11.7 Å². The monoisotopic (exact) mass is 347 g/mol. The Morgan fingerprint density at radius 1 is 1.27 bits per heavy atom. The normalized spacial score (nSPS) is 15.5. The van der Waals surface area contributed by atoms with Crippen molar-refractivity contribution in [3.8, 4) is 0 Å². The van der Waals surface area contributed by atoms with Crippen LogP contribution in [0.1, 0.15) is 29.3 Å². The average Bonchev–Trinajstić information content (AvgIpc) is 3.29. The van der Waals surface area contributed by atoms with Gasteiger partial charge in [0.15, 0.2) is 0 Å². The number of aromatic nitrogens is 3. The van der Waals surface area contributed by atoms with Gasteiger partial charge in [0.25, 0.3) is 0 Å². The minimum atomic E-state index is -0.121. The zero-order valence-corrected chi connectivity index (χ0v) is 14.7. The number of nitrogens with zero attached hydrogens (tertiary/aromatic N) is 4. The Morgan fingerprint density at radius 2 is 2.12 bits per heavy atom. The van der Waals surface area contributed by atoms with Crippen molar-refractivity contribution in [2.75, 3.05) is 12.4 Å². The lowest BCUT2D eigenvalue weighted by Gasteiger charge is -2.25. The van der Waals surface area contributed by atoms with Crippen molar-refractivity contribution in [2.45, 2.75) is 25.4 Å². The number of benzene rings is 1. The van der Waals surface area contributed by atoms with Gasteiger partial charge in [0, 0.05) is 19.4 Å². The van der Waals surface area contributed by atoms with E-state index >= 15 is 0 Å². The minimum Gasteiger partial charge on any atom is -0.321 e. The zero-order valence-electron chi connectivity index (χ0n) is 14.7. The highest BCUT2D eigenvalue weighted by atomic mass is 16.2. The van der Waals surface area contributed by atoms with Gasteiger partial charge in [-0.25, -0.2) is 4.79 Å². The molecule has 1 aliphatic rings. The fourth-order valence-corrected chi connectivity index (χ4v) is 3.46. The SMILES string of the molecule is CN(C(=O)Nc1cnn(Cc2ccccn2)c1)[C@H]1CCc2ccccc21. The van der Waals surface area contributed by atoms with Crippen LogP contribution in [0, 0.1) is 0 Å². The molecule has 1 aliphatic carbocycles. The maximum Gasteiger partial charge on any atom is 0.322 e. The third kappa shape index (κ3) is 3.31. The van der Waals surface area contributed by atoms with Crippen molar-refractivity contribution in [3.05, 3.63) is 77.9 Å². The molecule has 6 heteroatoms.